The van der Waals surface area contributed by atoms with Crippen molar-refractivity contribution in [2.45, 2.75) is 65.1 Å². The number of aliphatic hydroxyl groups is 2. The van der Waals surface area contributed by atoms with Gasteiger partial charge in [-0.1, -0.05) is 24.3 Å². The molecule has 3 aromatic rings. The van der Waals surface area contributed by atoms with Crippen molar-refractivity contribution < 1.29 is 59.1 Å². The van der Waals surface area contributed by atoms with Gasteiger partial charge in [-0.05, 0) is 127 Å². The molecular weight excluding hydrogens is 503 g/mol. The zero-order valence-corrected chi connectivity index (χ0v) is 25.3. The van der Waals surface area contributed by atoms with Crippen LogP contribution < -0.4 is 44.1 Å². The van der Waals surface area contributed by atoms with Gasteiger partial charge in [0.15, 0.2) is 0 Å². The van der Waals surface area contributed by atoms with Crippen LogP contribution in [0.4, 0.5) is 0 Å². The first-order valence-electron chi connectivity index (χ1n) is 13.3. The van der Waals surface area contributed by atoms with E-state index in [9.17, 15) is 15.0 Å². The summed E-state index contributed by atoms with van der Waals surface area (Å²) in [6.07, 6.45) is 2.27. The van der Waals surface area contributed by atoms with Gasteiger partial charge in [0.2, 0.25) is 0 Å². The standard InChI is InChI=1S/C32H36O6.Na/c1-19-11-26(38-18-24(34)16-33)12-20(2)31(19)27-6-4-5-22(21(27)3)17-37-25-7-8-28-23(13-25)15-32(9-10-32)29(28)14-30(35)36;/h4-8,11-13,24,29,33-34H,9-10,14-18H2,1-3H3,(H,35,36);/q;+1/p-1/t24-,29?;/m1./s1. The number of carboxylic acid groups (broad SMARTS) is 1. The smallest absolute Gasteiger partial charge is 0.550 e. The third-order valence-corrected chi connectivity index (χ3v) is 8.30. The number of ether oxygens (including phenoxy) is 2. The van der Waals surface area contributed by atoms with E-state index in [2.05, 4.69) is 25.1 Å². The summed E-state index contributed by atoms with van der Waals surface area (Å²) in [4.78, 5) is 11.3. The zero-order valence-electron chi connectivity index (χ0n) is 23.3. The molecule has 3 aromatic carbocycles. The molecule has 2 aliphatic rings. The van der Waals surface area contributed by atoms with E-state index in [1.165, 1.54) is 5.56 Å². The van der Waals surface area contributed by atoms with E-state index in [1.807, 2.05) is 44.2 Å². The van der Waals surface area contributed by atoms with Crippen molar-refractivity contribution in [3.05, 3.63) is 81.9 Å². The van der Waals surface area contributed by atoms with Crippen molar-refractivity contribution in [2.24, 2.45) is 5.41 Å². The summed E-state index contributed by atoms with van der Waals surface area (Å²) in [5.41, 5.74) is 9.12. The maximum Gasteiger partial charge on any atom is 1.00 e. The third-order valence-electron chi connectivity index (χ3n) is 8.30. The zero-order chi connectivity index (χ0) is 27.0. The van der Waals surface area contributed by atoms with Gasteiger partial charge in [-0.3, -0.25) is 0 Å². The quantitative estimate of drug-likeness (QED) is 0.376. The summed E-state index contributed by atoms with van der Waals surface area (Å²) in [6, 6.07) is 16.3. The predicted octanol–water partition coefficient (Wildman–Crippen LogP) is 1.15. The summed E-state index contributed by atoms with van der Waals surface area (Å²) in [7, 11) is 0. The van der Waals surface area contributed by atoms with Gasteiger partial charge in [-0.25, -0.2) is 0 Å². The number of fused-ring (bicyclic) bond motifs is 1. The average molecular weight is 539 g/mol. The molecule has 39 heavy (non-hydrogen) atoms. The summed E-state index contributed by atoms with van der Waals surface area (Å²) in [5.74, 6) is 0.550. The molecule has 2 atom stereocenters. The van der Waals surface area contributed by atoms with Gasteiger partial charge < -0.3 is 29.6 Å². The van der Waals surface area contributed by atoms with Gasteiger partial charge in [-0.2, -0.15) is 0 Å². The van der Waals surface area contributed by atoms with E-state index in [-0.39, 0.29) is 60.5 Å². The first kappa shape index (κ1) is 29.6. The average Bonchev–Trinajstić information content (AvgIpc) is 3.59. The Morgan fingerprint density at radius 1 is 1.05 bits per heavy atom. The molecule has 0 saturated heterocycles. The minimum Gasteiger partial charge on any atom is -0.550 e. The van der Waals surface area contributed by atoms with Crippen LogP contribution in [0.5, 0.6) is 11.5 Å². The number of carboxylic acids is 1. The summed E-state index contributed by atoms with van der Waals surface area (Å²) in [6.45, 7) is 6.35. The Labute approximate surface area is 252 Å². The van der Waals surface area contributed by atoms with E-state index in [0.29, 0.717) is 12.4 Å². The van der Waals surface area contributed by atoms with Crippen molar-refractivity contribution in [1.29, 1.82) is 0 Å². The minimum atomic E-state index is -0.974. The molecule has 2 aliphatic carbocycles. The molecule has 0 radical (unpaired) electrons. The molecule has 5 rings (SSSR count). The van der Waals surface area contributed by atoms with E-state index in [1.54, 1.807) is 0 Å². The monoisotopic (exact) mass is 538 g/mol. The molecule has 0 bridgehead atoms. The van der Waals surface area contributed by atoms with Crippen LogP contribution >= 0.6 is 0 Å². The van der Waals surface area contributed by atoms with Gasteiger partial charge in [0.1, 0.15) is 30.8 Å². The summed E-state index contributed by atoms with van der Waals surface area (Å²) < 4.78 is 11.9. The molecule has 0 heterocycles. The fraction of sp³-hybridized carbons (Fsp3) is 0.406. The number of rotatable bonds is 10. The van der Waals surface area contributed by atoms with Gasteiger partial charge in [-0.15, -0.1) is 0 Å². The van der Waals surface area contributed by atoms with Crippen LogP contribution in [-0.4, -0.2) is 35.5 Å². The molecule has 6 nitrogen and oxygen atoms in total. The molecule has 1 unspecified atom stereocenters. The second kappa shape index (κ2) is 12.0. The summed E-state index contributed by atoms with van der Waals surface area (Å²) >= 11 is 0. The maximum atomic E-state index is 11.3. The number of aliphatic hydroxyl groups excluding tert-OH is 2. The van der Waals surface area contributed by atoms with Crippen LogP contribution in [0.15, 0.2) is 48.5 Å². The number of benzene rings is 3. The molecule has 1 saturated carbocycles. The number of aryl methyl sites for hydroxylation is 2. The Kier molecular flexibility index (Phi) is 9.14. The molecular formula is C32H35NaO6. The normalized spacial score (nSPS) is 17.3. The van der Waals surface area contributed by atoms with Crippen LogP contribution in [0, 0.1) is 26.2 Å². The maximum absolute atomic E-state index is 11.3. The van der Waals surface area contributed by atoms with Gasteiger partial charge in [0.25, 0.3) is 0 Å². The van der Waals surface area contributed by atoms with Crippen molar-refractivity contribution in [1.82, 2.24) is 0 Å². The van der Waals surface area contributed by atoms with E-state index < -0.39 is 12.1 Å². The van der Waals surface area contributed by atoms with Gasteiger partial charge in [0, 0.05) is 5.97 Å². The van der Waals surface area contributed by atoms with Crippen LogP contribution in [0.25, 0.3) is 11.1 Å². The van der Waals surface area contributed by atoms with E-state index in [4.69, 9.17) is 14.6 Å². The fourth-order valence-electron chi connectivity index (χ4n) is 6.13. The number of hydrogen-bond donors (Lipinski definition) is 2. The predicted molar refractivity (Wildman–Crippen MR) is 143 cm³/mol. The van der Waals surface area contributed by atoms with E-state index >= 15 is 0 Å². The van der Waals surface area contributed by atoms with Gasteiger partial charge >= 0.3 is 29.6 Å². The second-order valence-corrected chi connectivity index (χ2v) is 11.0. The Hall–Kier alpha value is -2.35. The third kappa shape index (κ3) is 6.21. The summed E-state index contributed by atoms with van der Waals surface area (Å²) in [5, 5.41) is 30.0. The molecule has 0 aliphatic heterocycles. The first-order valence-corrected chi connectivity index (χ1v) is 13.3. The number of hydrogen-bond acceptors (Lipinski definition) is 6. The van der Waals surface area contributed by atoms with Crippen LogP contribution in [0.3, 0.4) is 0 Å². The van der Waals surface area contributed by atoms with Crippen molar-refractivity contribution >= 4 is 5.97 Å². The topological polar surface area (TPSA) is 99.1 Å². The largest absolute Gasteiger partial charge is 1.00 e. The SMILES string of the molecule is Cc1cc(OC[C@H](O)CO)cc(C)c1-c1cccc(COc2ccc3c(c2)CC2(CC2)C3CC(=O)[O-])c1C.[Na+]. The molecule has 200 valence electrons. The molecule has 0 amide bonds. The Bertz CT molecular complexity index is 1340. The van der Waals surface area contributed by atoms with Crippen molar-refractivity contribution in [3.63, 3.8) is 0 Å². The van der Waals surface area contributed by atoms with Crippen molar-refractivity contribution in [2.75, 3.05) is 13.2 Å². The Balaban J connectivity index is 0.00000353. The second-order valence-electron chi connectivity index (χ2n) is 11.0. The van der Waals surface area contributed by atoms with Crippen molar-refractivity contribution in [3.8, 4) is 22.6 Å². The van der Waals surface area contributed by atoms with Crippen LogP contribution in [-0.2, 0) is 17.8 Å². The molecule has 7 heteroatoms. The minimum absolute atomic E-state index is 0. The number of carbonyl (C=O) groups is 1. The van der Waals surface area contributed by atoms with Crippen LogP contribution in [0.1, 0.15) is 58.6 Å². The fourth-order valence-corrected chi connectivity index (χ4v) is 6.13. The van der Waals surface area contributed by atoms with Gasteiger partial charge in [0.05, 0.1) is 6.61 Å². The Morgan fingerprint density at radius 3 is 2.41 bits per heavy atom. The molecule has 2 N–H and O–H groups in total. The Morgan fingerprint density at radius 2 is 1.77 bits per heavy atom. The van der Waals surface area contributed by atoms with E-state index in [0.717, 1.165) is 64.0 Å². The number of aliphatic carboxylic acids is 1. The molecule has 1 fully saturated rings. The number of carbonyl (C=O) groups excluding carboxylic acids is 1. The molecule has 0 aromatic heterocycles. The first-order chi connectivity index (χ1) is 18.2. The van der Waals surface area contributed by atoms with Crippen LogP contribution in [0.2, 0.25) is 0 Å². The molecule has 1 spiro atoms.